The molecule has 3 rings (SSSR count). The molecule has 0 saturated carbocycles. The van der Waals surface area contributed by atoms with Crippen LogP contribution in [-0.4, -0.2) is 24.6 Å². The third-order valence-corrected chi connectivity index (χ3v) is 19.8. The van der Waals surface area contributed by atoms with Gasteiger partial charge in [-0.15, -0.1) is 0 Å². The van der Waals surface area contributed by atoms with Crippen LogP contribution in [0.2, 0.25) is 0 Å². The first-order chi connectivity index (χ1) is 9.62. The average molecular weight is 434 g/mol. The molecule has 2 aromatic carbocycles. The average Bonchev–Trinajstić information content (AvgIpc) is 2.52. The van der Waals surface area contributed by atoms with Crippen LogP contribution in [0, 0.1) is 0 Å². The standard InChI is InChI=1S/C16H20Br2P2/c17-19(15-7-3-1-4-8-15)11-13-20(18,14-12-19)16-9-5-2-6-10-16/h1-10,19-20H,11-14H2. The van der Waals surface area contributed by atoms with Crippen LogP contribution in [0.4, 0.5) is 0 Å². The Bertz CT molecular complexity index is 510. The molecule has 0 N–H and O–H groups in total. The van der Waals surface area contributed by atoms with E-state index in [1.165, 1.54) is 24.6 Å². The van der Waals surface area contributed by atoms with Gasteiger partial charge in [-0.25, -0.2) is 0 Å². The molecule has 4 heteroatoms. The molecule has 0 radical (unpaired) electrons. The van der Waals surface area contributed by atoms with Crippen molar-refractivity contribution in [2.45, 2.75) is 0 Å². The molecule has 0 nitrogen and oxygen atoms in total. The molecule has 2 aromatic rings. The molecule has 108 valence electrons. The third kappa shape index (κ3) is 3.05. The SMILES string of the molecule is Br[PH]1(c2ccccc2)CC[PH](Br)(c2ccccc2)CC1. The van der Waals surface area contributed by atoms with Crippen molar-refractivity contribution in [3.05, 3.63) is 60.7 Å². The van der Waals surface area contributed by atoms with E-state index in [2.05, 4.69) is 91.6 Å². The first kappa shape index (κ1) is 15.2. The number of hydrogen-bond donors (Lipinski definition) is 0. The van der Waals surface area contributed by atoms with Gasteiger partial charge < -0.3 is 0 Å². The summed E-state index contributed by atoms with van der Waals surface area (Å²) in [5.41, 5.74) is 0. The van der Waals surface area contributed by atoms with Crippen LogP contribution < -0.4 is 10.6 Å². The van der Waals surface area contributed by atoms with Crippen molar-refractivity contribution >= 4 is 53.5 Å². The molecule has 20 heavy (non-hydrogen) atoms. The van der Waals surface area contributed by atoms with Crippen LogP contribution in [-0.2, 0) is 0 Å². The summed E-state index contributed by atoms with van der Waals surface area (Å²) >= 11 is 8.34. The Morgan fingerprint density at radius 2 is 0.850 bits per heavy atom. The molecule has 0 amide bonds. The maximum atomic E-state index is 4.17. The van der Waals surface area contributed by atoms with Crippen molar-refractivity contribution < 1.29 is 0 Å². The molecule has 1 saturated heterocycles. The zero-order valence-corrected chi connectivity index (χ0v) is 16.5. The summed E-state index contributed by atoms with van der Waals surface area (Å²) in [6.45, 7) is 0. The van der Waals surface area contributed by atoms with Crippen molar-refractivity contribution in [2.75, 3.05) is 24.6 Å². The number of hydrogen-bond acceptors (Lipinski definition) is 0. The van der Waals surface area contributed by atoms with Gasteiger partial charge in [0.2, 0.25) is 0 Å². The van der Waals surface area contributed by atoms with Crippen molar-refractivity contribution in [2.24, 2.45) is 0 Å². The van der Waals surface area contributed by atoms with Gasteiger partial charge in [0.1, 0.15) is 0 Å². The fraction of sp³-hybridized carbons (Fsp3) is 0.250. The Labute approximate surface area is 138 Å². The van der Waals surface area contributed by atoms with E-state index in [4.69, 9.17) is 0 Å². The summed E-state index contributed by atoms with van der Waals surface area (Å²) in [7, 11) is 0. The zero-order valence-electron chi connectivity index (χ0n) is 11.4. The number of halogens is 2. The predicted octanol–water partition coefficient (Wildman–Crippen LogP) is 4.77. The van der Waals surface area contributed by atoms with E-state index in [0.29, 0.717) is 0 Å². The van der Waals surface area contributed by atoms with Crippen molar-refractivity contribution in [1.82, 2.24) is 0 Å². The summed E-state index contributed by atoms with van der Waals surface area (Å²) in [5.74, 6) is -2.83. The van der Waals surface area contributed by atoms with Gasteiger partial charge in [0.15, 0.2) is 0 Å². The second-order valence-electron chi connectivity index (χ2n) is 5.66. The molecule has 1 aliphatic heterocycles. The second-order valence-corrected chi connectivity index (χ2v) is 21.8. The van der Waals surface area contributed by atoms with E-state index in [1.54, 1.807) is 10.6 Å². The van der Waals surface area contributed by atoms with Crippen LogP contribution >= 0.6 is 42.9 Å². The Morgan fingerprint density at radius 3 is 1.15 bits per heavy atom. The monoisotopic (exact) mass is 432 g/mol. The molecule has 1 heterocycles. The molecule has 0 bridgehead atoms. The first-order valence-corrected chi connectivity index (χ1v) is 16.5. The van der Waals surface area contributed by atoms with E-state index in [9.17, 15) is 0 Å². The van der Waals surface area contributed by atoms with E-state index in [1.807, 2.05) is 0 Å². The summed E-state index contributed by atoms with van der Waals surface area (Å²) in [6, 6.07) is 22.2. The normalized spacial score (nSPS) is 23.7. The zero-order chi connectivity index (χ0) is 14.1. The topological polar surface area (TPSA) is 0 Å². The molecule has 0 unspecified atom stereocenters. The molecule has 1 aliphatic rings. The minimum atomic E-state index is -1.42. The Hall–Kier alpha value is 0.260. The van der Waals surface area contributed by atoms with Crippen molar-refractivity contribution in [3.8, 4) is 0 Å². The Balaban J connectivity index is 1.80. The third-order valence-electron chi connectivity index (χ3n) is 4.42. The predicted molar refractivity (Wildman–Crippen MR) is 106 cm³/mol. The Morgan fingerprint density at radius 1 is 0.550 bits per heavy atom. The molecule has 1 fully saturated rings. The molecule has 0 aliphatic carbocycles. The van der Waals surface area contributed by atoms with Crippen LogP contribution in [0.25, 0.3) is 0 Å². The van der Waals surface area contributed by atoms with E-state index >= 15 is 0 Å². The fourth-order valence-electron chi connectivity index (χ4n) is 3.09. The van der Waals surface area contributed by atoms with Crippen LogP contribution in [0.3, 0.4) is 0 Å². The van der Waals surface area contributed by atoms with Gasteiger partial charge in [-0.1, -0.05) is 0 Å². The molecular weight excluding hydrogens is 414 g/mol. The van der Waals surface area contributed by atoms with Crippen molar-refractivity contribution in [3.63, 3.8) is 0 Å². The van der Waals surface area contributed by atoms with E-state index < -0.39 is 11.9 Å². The van der Waals surface area contributed by atoms with Crippen LogP contribution in [0.1, 0.15) is 0 Å². The maximum absolute atomic E-state index is 4.17. The fourth-order valence-corrected chi connectivity index (χ4v) is 21.4. The summed E-state index contributed by atoms with van der Waals surface area (Å²) in [6.07, 6.45) is 5.40. The first-order valence-electron chi connectivity index (χ1n) is 7.11. The van der Waals surface area contributed by atoms with Crippen LogP contribution in [0.15, 0.2) is 60.7 Å². The van der Waals surface area contributed by atoms with Gasteiger partial charge in [-0.3, -0.25) is 0 Å². The van der Waals surface area contributed by atoms with Gasteiger partial charge in [-0.2, -0.15) is 0 Å². The van der Waals surface area contributed by atoms with E-state index in [-0.39, 0.29) is 0 Å². The number of rotatable bonds is 2. The minimum absolute atomic E-state index is 1.35. The van der Waals surface area contributed by atoms with Gasteiger partial charge in [0.05, 0.1) is 0 Å². The quantitative estimate of drug-likeness (QED) is 0.598. The van der Waals surface area contributed by atoms with Crippen molar-refractivity contribution in [1.29, 1.82) is 0 Å². The molecule has 0 aromatic heterocycles. The van der Waals surface area contributed by atoms with Gasteiger partial charge >= 0.3 is 139 Å². The Kier molecular flexibility index (Phi) is 4.68. The molecule has 0 atom stereocenters. The molecular formula is C16H20Br2P2. The second kappa shape index (κ2) is 6.17. The summed E-state index contributed by atoms with van der Waals surface area (Å²) in [5, 5.41) is 3.13. The van der Waals surface area contributed by atoms with Gasteiger partial charge in [0.25, 0.3) is 0 Å². The van der Waals surface area contributed by atoms with E-state index in [0.717, 1.165) is 0 Å². The summed E-state index contributed by atoms with van der Waals surface area (Å²) in [4.78, 5) is 0. The molecule has 0 spiro atoms. The summed E-state index contributed by atoms with van der Waals surface area (Å²) < 4.78 is 0. The number of benzene rings is 2. The van der Waals surface area contributed by atoms with Crippen LogP contribution in [0.5, 0.6) is 0 Å². The van der Waals surface area contributed by atoms with Gasteiger partial charge in [0, 0.05) is 0 Å². The van der Waals surface area contributed by atoms with Gasteiger partial charge in [-0.05, 0) is 0 Å².